The Morgan fingerprint density at radius 2 is 1.50 bits per heavy atom. The summed E-state index contributed by atoms with van der Waals surface area (Å²) in [6, 6.07) is 26.6. The zero-order valence-electron chi connectivity index (χ0n) is 24.5. The van der Waals surface area contributed by atoms with Crippen molar-refractivity contribution in [2.45, 2.75) is 43.8 Å². The number of carbonyl (C=O) groups is 2. The normalized spacial score (nSPS) is 16.7. The summed E-state index contributed by atoms with van der Waals surface area (Å²) in [6.45, 7) is 1.32. The first kappa shape index (κ1) is 34.6. The summed E-state index contributed by atoms with van der Waals surface area (Å²) in [5.74, 6) is -1.99. The number of hydrogen-bond donors (Lipinski definition) is 2. The number of halogens is 3. The molecule has 11 heteroatoms. The molecule has 1 fully saturated rings. The van der Waals surface area contributed by atoms with Crippen LogP contribution in [-0.4, -0.2) is 51.3 Å². The fourth-order valence-corrected chi connectivity index (χ4v) is 5.56. The molecule has 1 heterocycles. The van der Waals surface area contributed by atoms with Crippen molar-refractivity contribution in [1.29, 1.82) is 0 Å². The predicted octanol–water partition coefficient (Wildman–Crippen LogP) is 6.92. The van der Waals surface area contributed by atoms with Crippen molar-refractivity contribution in [3.8, 4) is 0 Å². The molecule has 0 spiro atoms. The number of aliphatic hydroxyl groups is 1. The molecule has 3 atom stereocenters. The number of benzene rings is 4. The van der Waals surface area contributed by atoms with Gasteiger partial charge in [0, 0.05) is 28.6 Å². The summed E-state index contributed by atoms with van der Waals surface area (Å²) in [6.07, 6.45) is -5.50. The zero-order chi connectivity index (χ0) is 32.0. The van der Waals surface area contributed by atoms with Gasteiger partial charge >= 0.3 is 12.1 Å². The Hall–Kier alpha value is -4.31. The number of carbonyl (C=O) groups excluding carboxylic acids is 1. The fraction of sp³-hybridized carbons (Fsp3) is 0.229. The van der Waals surface area contributed by atoms with E-state index in [-0.39, 0.29) is 33.8 Å². The van der Waals surface area contributed by atoms with Crippen LogP contribution >= 0.6 is 0 Å². The maximum absolute atomic E-state index is 13.8. The molecule has 4 aromatic rings. The van der Waals surface area contributed by atoms with E-state index >= 15 is 0 Å². The molecule has 0 aromatic heterocycles. The molecule has 2 N–H and O–H groups in total. The van der Waals surface area contributed by atoms with Gasteiger partial charge in [-0.3, -0.25) is 9.89 Å². The number of alkyl halides is 3. The number of carboxylic acid groups (broad SMARTS) is 1. The topological polar surface area (TPSA) is 104 Å². The molecule has 0 unspecified atom stereocenters. The Morgan fingerprint density at radius 1 is 0.891 bits per heavy atom. The number of aliphatic imine (C=N–C) groups is 1. The van der Waals surface area contributed by atoms with Crippen molar-refractivity contribution in [3.05, 3.63) is 142 Å². The zero-order valence-corrected chi connectivity index (χ0v) is 25.4. The van der Waals surface area contributed by atoms with Crippen molar-refractivity contribution < 1.29 is 49.5 Å². The van der Waals surface area contributed by atoms with Crippen LogP contribution in [-0.2, 0) is 38.8 Å². The molecule has 0 aliphatic carbocycles. The second kappa shape index (κ2) is 15.3. The number of rotatable bonds is 10. The number of para-hydroxylation sites is 1. The number of likely N-dealkylation sites (tertiary alicyclic amines) is 1. The number of hydrogen-bond acceptors (Lipinski definition) is 5. The average Bonchev–Trinajstić information content (AvgIpc) is 3.50. The molecule has 0 saturated carbocycles. The molecule has 5 rings (SSSR count). The Balaban J connectivity index is 0.00000480. The minimum absolute atomic E-state index is 0. The van der Waals surface area contributed by atoms with Crippen LogP contribution < -0.4 is 0 Å². The van der Waals surface area contributed by atoms with E-state index in [0.29, 0.717) is 24.1 Å². The summed E-state index contributed by atoms with van der Waals surface area (Å²) >= 11 is 0. The van der Waals surface area contributed by atoms with Crippen LogP contribution in [0.5, 0.6) is 0 Å². The number of amides is 1. The van der Waals surface area contributed by atoms with Crippen molar-refractivity contribution in [3.63, 3.8) is 0 Å². The number of aliphatic carboxylic acids is 1. The van der Waals surface area contributed by atoms with Gasteiger partial charge in [-0.05, 0) is 42.1 Å². The Kier molecular flexibility index (Phi) is 11.5. The van der Waals surface area contributed by atoms with Gasteiger partial charge in [0.15, 0.2) is 6.04 Å². The quantitative estimate of drug-likeness (QED) is 0.141. The van der Waals surface area contributed by atoms with Crippen molar-refractivity contribution in [2.75, 3.05) is 6.54 Å². The van der Waals surface area contributed by atoms with Gasteiger partial charge in [0.2, 0.25) is 0 Å². The first-order valence-corrected chi connectivity index (χ1v) is 14.5. The average molecular weight is 673 g/mol. The van der Waals surface area contributed by atoms with Crippen LogP contribution in [0.4, 0.5) is 18.9 Å². The van der Waals surface area contributed by atoms with Gasteiger partial charge < -0.3 is 20.3 Å². The van der Waals surface area contributed by atoms with Gasteiger partial charge in [-0.15, -0.1) is 5.69 Å². The fourth-order valence-electron chi connectivity index (χ4n) is 5.56. The van der Waals surface area contributed by atoms with E-state index < -0.39 is 41.5 Å². The maximum atomic E-state index is 13.8. The summed E-state index contributed by atoms with van der Waals surface area (Å²) in [7, 11) is 0. The first-order valence-electron chi connectivity index (χ1n) is 14.5. The van der Waals surface area contributed by atoms with Crippen LogP contribution in [0.1, 0.15) is 46.8 Å². The number of nitrogens with zero attached hydrogens (tertiary/aromatic N) is 3. The predicted molar refractivity (Wildman–Crippen MR) is 164 cm³/mol. The van der Waals surface area contributed by atoms with Crippen LogP contribution in [0.25, 0.3) is 5.32 Å². The van der Waals surface area contributed by atoms with E-state index in [9.17, 15) is 33.0 Å². The number of carboxylic acids is 1. The Labute approximate surface area is 274 Å². The molecular weight excluding hydrogens is 642 g/mol. The summed E-state index contributed by atoms with van der Waals surface area (Å²) in [5.41, 5.74) is 0.326. The third-order valence-electron chi connectivity index (χ3n) is 7.72. The van der Waals surface area contributed by atoms with E-state index in [0.717, 1.165) is 36.7 Å². The maximum Gasteiger partial charge on any atom is 0.416 e. The molecule has 1 amide bonds. The van der Waals surface area contributed by atoms with Gasteiger partial charge in [0.25, 0.3) is 0 Å². The Bertz CT molecular complexity index is 1670. The first-order chi connectivity index (χ1) is 21.6. The van der Waals surface area contributed by atoms with Crippen molar-refractivity contribution >= 4 is 23.3 Å². The third kappa shape index (κ3) is 8.09. The largest absolute Gasteiger partial charge is 0.625 e. The standard InChI is InChI=1S/C35H32F3N3O4.Ni/c36-35(37,38)27-18-9-7-16-25(27)32(42)31(34(44)45)40-30(24-14-5-2-6-15-24)26-17-8-10-19-28(26)39-33(43)29-20-11-21-41(29)22-23-12-3-1-4-13-23;/h1-10,12-19,29,31-32,42H,11,20-22H2,(H2,39,40,43,44,45);/p-1/t29-,31-,32+;/m0./s1. The van der Waals surface area contributed by atoms with E-state index in [1.54, 1.807) is 54.6 Å². The molecule has 1 aliphatic rings. The molecule has 46 heavy (non-hydrogen) atoms. The van der Waals surface area contributed by atoms with E-state index in [2.05, 4.69) is 15.2 Å². The van der Waals surface area contributed by atoms with Gasteiger partial charge in [0.1, 0.15) is 6.10 Å². The second-order valence-electron chi connectivity index (χ2n) is 10.7. The molecule has 4 aromatic carbocycles. The molecular formula is C35H31F3N3NiO4-. The molecule has 1 aliphatic heterocycles. The van der Waals surface area contributed by atoms with Crippen molar-refractivity contribution in [1.82, 2.24) is 4.90 Å². The minimum Gasteiger partial charge on any atom is -0.625 e. The third-order valence-corrected chi connectivity index (χ3v) is 7.72. The smallest absolute Gasteiger partial charge is 0.416 e. The summed E-state index contributed by atoms with van der Waals surface area (Å²) < 4.78 is 41.3. The molecule has 7 nitrogen and oxygen atoms in total. The SMILES string of the molecule is O=C(O)[C@@H](N=C(c1ccccc1)c1ccccc1[N-]C(=O)[C@@H]1CCCN1Cc1ccccc1)[C@H](O)c1ccccc1C(F)(F)F.[Ni]. The molecule has 1 saturated heterocycles. The van der Waals surface area contributed by atoms with E-state index in [1.807, 2.05) is 30.3 Å². The second-order valence-corrected chi connectivity index (χ2v) is 10.7. The van der Waals surface area contributed by atoms with Gasteiger partial charge in [-0.1, -0.05) is 103 Å². The van der Waals surface area contributed by atoms with Gasteiger partial charge in [-0.25, -0.2) is 4.79 Å². The van der Waals surface area contributed by atoms with Crippen LogP contribution in [0.2, 0.25) is 0 Å². The van der Waals surface area contributed by atoms with Crippen LogP contribution in [0.3, 0.4) is 0 Å². The summed E-state index contributed by atoms with van der Waals surface area (Å²) in [4.78, 5) is 32.5. The molecule has 0 radical (unpaired) electrons. The number of aliphatic hydroxyl groups excluding tert-OH is 1. The summed E-state index contributed by atoms with van der Waals surface area (Å²) in [5, 5.41) is 25.7. The monoisotopic (exact) mass is 672 g/mol. The molecule has 242 valence electrons. The van der Waals surface area contributed by atoms with Crippen LogP contribution in [0.15, 0.2) is 114 Å². The van der Waals surface area contributed by atoms with Crippen molar-refractivity contribution in [2.24, 2.45) is 4.99 Å². The molecule has 0 bridgehead atoms. The van der Waals surface area contributed by atoms with Gasteiger partial charge in [-0.2, -0.15) is 13.2 Å². The Morgan fingerprint density at radius 3 is 2.17 bits per heavy atom. The van der Waals surface area contributed by atoms with E-state index in [4.69, 9.17) is 0 Å². The van der Waals surface area contributed by atoms with Gasteiger partial charge in [0.05, 0.1) is 23.2 Å². The van der Waals surface area contributed by atoms with Crippen LogP contribution in [0, 0.1) is 0 Å². The minimum atomic E-state index is -4.83. The van der Waals surface area contributed by atoms with E-state index in [1.165, 1.54) is 6.07 Å².